The second kappa shape index (κ2) is 8.73. The second-order valence-corrected chi connectivity index (χ2v) is 6.19. The Bertz CT molecular complexity index is 443. The van der Waals surface area contributed by atoms with Crippen LogP contribution in [0.25, 0.3) is 0 Å². The molecule has 0 aliphatic carbocycles. The number of benzene rings is 1. The van der Waals surface area contributed by atoms with Crippen molar-refractivity contribution < 1.29 is 4.74 Å². The van der Waals surface area contributed by atoms with Crippen molar-refractivity contribution in [2.24, 2.45) is 0 Å². The van der Waals surface area contributed by atoms with E-state index >= 15 is 0 Å². The molecule has 0 aromatic heterocycles. The number of piperazine rings is 1. The highest BCUT2D eigenvalue weighted by atomic mass is 35.5. The van der Waals surface area contributed by atoms with Crippen LogP contribution in [-0.2, 0) is 0 Å². The molecule has 5 heteroatoms. The van der Waals surface area contributed by atoms with Gasteiger partial charge in [0.25, 0.3) is 0 Å². The average molecular weight is 326 g/mol. The van der Waals surface area contributed by atoms with Crippen LogP contribution in [-0.4, -0.2) is 68.3 Å². The van der Waals surface area contributed by atoms with Crippen molar-refractivity contribution in [3.8, 4) is 5.75 Å². The molecule has 22 heavy (non-hydrogen) atoms. The highest BCUT2D eigenvalue weighted by Crippen LogP contribution is 2.14. The molecule has 3 rings (SSSR count). The zero-order valence-corrected chi connectivity index (χ0v) is 14.3. The SMILES string of the molecule is Cc1cccc(OCCN2CCN(C3CCNC3)CC2)c1.Cl. The molecule has 2 aliphatic rings. The lowest BCUT2D eigenvalue weighted by Crippen LogP contribution is -2.51. The number of ether oxygens (including phenoxy) is 1. The van der Waals surface area contributed by atoms with E-state index in [0.717, 1.165) is 24.9 Å². The normalized spacial score (nSPS) is 23.2. The van der Waals surface area contributed by atoms with Gasteiger partial charge in [0, 0.05) is 45.3 Å². The fourth-order valence-electron chi connectivity index (χ4n) is 3.30. The molecule has 1 unspecified atom stereocenters. The number of hydrogen-bond acceptors (Lipinski definition) is 4. The van der Waals surface area contributed by atoms with Gasteiger partial charge in [-0.3, -0.25) is 9.80 Å². The monoisotopic (exact) mass is 325 g/mol. The summed E-state index contributed by atoms with van der Waals surface area (Å²) < 4.78 is 5.85. The van der Waals surface area contributed by atoms with Crippen molar-refractivity contribution in [3.05, 3.63) is 29.8 Å². The van der Waals surface area contributed by atoms with Gasteiger partial charge in [0.15, 0.2) is 0 Å². The van der Waals surface area contributed by atoms with Gasteiger partial charge >= 0.3 is 0 Å². The number of hydrogen-bond donors (Lipinski definition) is 1. The number of nitrogens with zero attached hydrogens (tertiary/aromatic N) is 2. The van der Waals surface area contributed by atoms with Crippen LogP contribution >= 0.6 is 12.4 Å². The molecule has 2 heterocycles. The van der Waals surface area contributed by atoms with E-state index in [1.54, 1.807) is 0 Å². The smallest absolute Gasteiger partial charge is 0.119 e. The topological polar surface area (TPSA) is 27.7 Å². The first-order valence-corrected chi connectivity index (χ1v) is 8.18. The summed E-state index contributed by atoms with van der Waals surface area (Å²) in [5, 5.41) is 3.46. The van der Waals surface area contributed by atoms with Crippen LogP contribution in [0.15, 0.2) is 24.3 Å². The van der Waals surface area contributed by atoms with Gasteiger partial charge in [-0.1, -0.05) is 12.1 Å². The fourth-order valence-corrected chi connectivity index (χ4v) is 3.30. The van der Waals surface area contributed by atoms with Crippen molar-refractivity contribution in [2.45, 2.75) is 19.4 Å². The largest absolute Gasteiger partial charge is 0.492 e. The summed E-state index contributed by atoms with van der Waals surface area (Å²) in [6, 6.07) is 9.07. The Hall–Kier alpha value is -0.810. The van der Waals surface area contributed by atoms with E-state index in [1.807, 2.05) is 6.07 Å². The third-order valence-electron chi connectivity index (χ3n) is 4.62. The Kier molecular flexibility index (Phi) is 6.96. The van der Waals surface area contributed by atoms with Gasteiger partial charge in [0.1, 0.15) is 12.4 Å². The van der Waals surface area contributed by atoms with Crippen LogP contribution in [0.1, 0.15) is 12.0 Å². The standard InChI is InChI=1S/C17H27N3O.ClH/c1-15-3-2-4-17(13-15)21-12-11-19-7-9-20(10-8-19)16-5-6-18-14-16;/h2-4,13,16,18H,5-12,14H2,1H3;1H. The van der Waals surface area contributed by atoms with Crippen molar-refractivity contribution in [1.82, 2.24) is 15.1 Å². The molecular formula is C17H28ClN3O. The first-order chi connectivity index (χ1) is 10.3. The molecule has 0 amide bonds. The maximum Gasteiger partial charge on any atom is 0.119 e. The molecule has 1 atom stereocenters. The number of rotatable bonds is 5. The van der Waals surface area contributed by atoms with Gasteiger partial charge in [0.2, 0.25) is 0 Å². The third kappa shape index (κ3) is 4.85. The molecule has 0 radical (unpaired) electrons. The van der Waals surface area contributed by atoms with Crippen LogP contribution < -0.4 is 10.1 Å². The van der Waals surface area contributed by atoms with E-state index in [4.69, 9.17) is 4.74 Å². The molecule has 0 bridgehead atoms. The highest BCUT2D eigenvalue weighted by Gasteiger charge is 2.25. The summed E-state index contributed by atoms with van der Waals surface area (Å²) in [5.74, 6) is 0.991. The van der Waals surface area contributed by atoms with Gasteiger partial charge in [-0.25, -0.2) is 0 Å². The van der Waals surface area contributed by atoms with E-state index in [0.29, 0.717) is 0 Å². The predicted octanol–water partition coefficient (Wildman–Crippen LogP) is 1.78. The average Bonchev–Trinajstić information content (AvgIpc) is 3.02. The molecule has 2 saturated heterocycles. The fraction of sp³-hybridized carbons (Fsp3) is 0.647. The second-order valence-electron chi connectivity index (χ2n) is 6.19. The molecule has 1 aromatic carbocycles. The summed E-state index contributed by atoms with van der Waals surface area (Å²) in [4.78, 5) is 5.17. The summed E-state index contributed by atoms with van der Waals surface area (Å²) in [6.07, 6.45) is 1.32. The van der Waals surface area contributed by atoms with E-state index in [2.05, 4.69) is 40.2 Å². The summed E-state index contributed by atoms with van der Waals surface area (Å²) in [6.45, 7) is 11.0. The molecule has 4 nitrogen and oxygen atoms in total. The van der Waals surface area contributed by atoms with Gasteiger partial charge in [-0.15, -0.1) is 12.4 Å². The maximum atomic E-state index is 5.85. The molecule has 124 valence electrons. The number of nitrogens with one attached hydrogen (secondary N) is 1. The van der Waals surface area contributed by atoms with Gasteiger partial charge in [-0.2, -0.15) is 0 Å². The van der Waals surface area contributed by atoms with E-state index in [1.165, 1.54) is 51.3 Å². The molecule has 2 fully saturated rings. The van der Waals surface area contributed by atoms with Crippen molar-refractivity contribution in [1.29, 1.82) is 0 Å². The van der Waals surface area contributed by atoms with Crippen molar-refractivity contribution in [3.63, 3.8) is 0 Å². The quantitative estimate of drug-likeness (QED) is 0.893. The van der Waals surface area contributed by atoms with E-state index < -0.39 is 0 Å². The molecular weight excluding hydrogens is 298 g/mol. The Morgan fingerprint density at radius 2 is 2.05 bits per heavy atom. The summed E-state index contributed by atoms with van der Waals surface area (Å²) in [7, 11) is 0. The van der Waals surface area contributed by atoms with Gasteiger partial charge < -0.3 is 10.1 Å². The molecule has 1 aromatic rings. The van der Waals surface area contributed by atoms with Crippen LogP contribution in [0, 0.1) is 6.92 Å². The molecule has 0 saturated carbocycles. The lowest BCUT2D eigenvalue weighted by molar-refractivity contribution is 0.0921. The van der Waals surface area contributed by atoms with Crippen molar-refractivity contribution in [2.75, 3.05) is 52.4 Å². The minimum atomic E-state index is 0. The molecule has 2 aliphatic heterocycles. The maximum absolute atomic E-state index is 5.85. The molecule has 1 N–H and O–H groups in total. The Labute approximate surface area is 140 Å². The first-order valence-electron chi connectivity index (χ1n) is 8.18. The Morgan fingerprint density at radius 1 is 1.23 bits per heavy atom. The zero-order chi connectivity index (χ0) is 14.5. The lowest BCUT2D eigenvalue weighted by Gasteiger charge is -2.37. The Morgan fingerprint density at radius 3 is 2.73 bits per heavy atom. The van der Waals surface area contributed by atoms with Crippen LogP contribution in [0.3, 0.4) is 0 Å². The van der Waals surface area contributed by atoms with Gasteiger partial charge in [0.05, 0.1) is 0 Å². The number of aryl methyl sites for hydroxylation is 1. The minimum absolute atomic E-state index is 0. The summed E-state index contributed by atoms with van der Waals surface area (Å²) in [5.41, 5.74) is 1.26. The van der Waals surface area contributed by atoms with E-state index in [-0.39, 0.29) is 12.4 Å². The van der Waals surface area contributed by atoms with Crippen LogP contribution in [0.5, 0.6) is 5.75 Å². The van der Waals surface area contributed by atoms with Crippen molar-refractivity contribution >= 4 is 12.4 Å². The first kappa shape index (κ1) is 17.5. The minimum Gasteiger partial charge on any atom is -0.492 e. The van der Waals surface area contributed by atoms with Crippen LogP contribution in [0.2, 0.25) is 0 Å². The summed E-state index contributed by atoms with van der Waals surface area (Å²) >= 11 is 0. The predicted molar refractivity (Wildman–Crippen MR) is 93.2 cm³/mol. The molecule has 0 spiro atoms. The zero-order valence-electron chi connectivity index (χ0n) is 13.5. The Balaban J connectivity index is 0.00000176. The number of halogens is 1. The lowest BCUT2D eigenvalue weighted by atomic mass is 10.2. The van der Waals surface area contributed by atoms with Gasteiger partial charge in [-0.05, 0) is 37.6 Å². The van der Waals surface area contributed by atoms with Crippen LogP contribution in [0.4, 0.5) is 0 Å². The third-order valence-corrected chi connectivity index (χ3v) is 4.62. The highest BCUT2D eigenvalue weighted by molar-refractivity contribution is 5.85. The van der Waals surface area contributed by atoms with E-state index in [9.17, 15) is 0 Å².